The highest BCUT2D eigenvalue weighted by Gasteiger charge is 2.36. The number of anilines is 1. The number of likely N-dealkylation sites (tertiary alicyclic amines) is 1. The van der Waals surface area contributed by atoms with E-state index in [9.17, 15) is 14.4 Å². The SMILES string of the molecule is O=C(O)CCC(=O)N1CCC2CC(=O)N(c3ccccc3)CCC2C1. The first-order valence-corrected chi connectivity index (χ1v) is 8.89. The molecule has 6 nitrogen and oxygen atoms in total. The first-order chi connectivity index (χ1) is 12.0. The van der Waals surface area contributed by atoms with Gasteiger partial charge in [0.25, 0.3) is 0 Å². The molecule has 6 heteroatoms. The summed E-state index contributed by atoms with van der Waals surface area (Å²) in [6.07, 6.45) is 2.15. The van der Waals surface area contributed by atoms with E-state index in [1.54, 1.807) is 4.90 Å². The Kier molecular flexibility index (Phi) is 5.36. The number of fused-ring (bicyclic) bond motifs is 1. The second-order valence-electron chi connectivity index (χ2n) is 6.92. The summed E-state index contributed by atoms with van der Waals surface area (Å²) in [6.45, 7) is 1.93. The highest BCUT2D eigenvalue weighted by molar-refractivity contribution is 5.93. The van der Waals surface area contributed by atoms with Gasteiger partial charge in [0, 0.05) is 38.2 Å². The highest BCUT2D eigenvalue weighted by atomic mass is 16.4. The molecule has 134 valence electrons. The Labute approximate surface area is 147 Å². The lowest BCUT2D eigenvalue weighted by molar-refractivity contribution is -0.142. The molecule has 0 aliphatic carbocycles. The summed E-state index contributed by atoms with van der Waals surface area (Å²) in [5.74, 6) is -0.257. The molecule has 0 radical (unpaired) electrons. The molecule has 0 saturated carbocycles. The second kappa shape index (κ2) is 7.68. The van der Waals surface area contributed by atoms with Crippen LogP contribution in [0.1, 0.15) is 32.1 Å². The molecular weight excluding hydrogens is 320 g/mol. The number of carboxylic acid groups (broad SMARTS) is 1. The third-order valence-corrected chi connectivity index (χ3v) is 5.33. The maximum atomic E-state index is 12.6. The number of piperidine rings is 1. The van der Waals surface area contributed by atoms with Crippen molar-refractivity contribution in [3.05, 3.63) is 30.3 Å². The van der Waals surface area contributed by atoms with E-state index in [1.807, 2.05) is 35.2 Å². The molecule has 2 saturated heterocycles. The van der Waals surface area contributed by atoms with Gasteiger partial charge < -0.3 is 14.9 Å². The number of carbonyl (C=O) groups excluding carboxylic acids is 2. The molecule has 25 heavy (non-hydrogen) atoms. The van der Waals surface area contributed by atoms with Gasteiger partial charge in [0.05, 0.1) is 6.42 Å². The van der Waals surface area contributed by atoms with E-state index in [4.69, 9.17) is 5.11 Å². The van der Waals surface area contributed by atoms with Crippen LogP contribution >= 0.6 is 0 Å². The minimum atomic E-state index is -0.943. The standard InChI is InChI=1S/C19H24N2O4/c22-17(6-7-19(24)25)20-10-8-14-12-18(23)21(11-9-15(14)13-20)16-4-2-1-3-5-16/h1-5,14-15H,6-13H2,(H,24,25). The van der Waals surface area contributed by atoms with Crippen molar-refractivity contribution in [1.82, 2.24) is 4.90 Å². The van der Waals surface area contributed by atoms with Crippen molar-refractivity contribution in [2.75, 3.05) is 24.5 Å². The van der Waals surface area contributed by atoms with Crippen LogP contribution in [0, 0.1) is 11.8 Å². The monoisotopic (exact) mass is 344 g/mol. The first-order valence-electron chi connectivity index (χ1n) is 8.89. The second-order valence-corrected chi connectivity index (χ2v) is 6.92. The Morgan fingerprint density at radius 1 is 1.04 bits per heavy atom. The van der Waals surface area contributed by atoms with Crippen LogP contribution in [-0.4, -0.2) is 47.4 Å². The molecule has 1 aromatic rings. The van der Waals surface area contributed by atoms with E-state index >= 15 is 0 Å². The fourth-order valence-electron chi connectivity index (χ4n) is 3.91. The van der Waals surface area contributed by atoms with Crippen LogP contribution < -0.4 is 4.90 Å². The van der Waals surface area contributed by atoms with Crippen LogP contribution in [0.2, 0.25) is 0 Å². The fourth-order valence-corrected chi connectivity index (χ4v) is 3.91. The molecule has 0 spiro atoms. The van der Waals surface area contributed by atoms with Gasteiger partial charge in [-0.15, -0.1) is 0 Å². The summed E-state index contributed by atoms with van der Waals surface area (Å²) in [4.78, 5) is 39.1. The Bertz CT molecular complexity index is 646. The molecule has 2 fully saturated rings. The molecule has 2 aliphatic rings. The Balaban J connectivity index is 1.63. The van der Waals surface area contributed by atoms with Gasteiger partial charge in [0.1, 0.15) is 0 Å². The minimum absolute atomic E-state index is 0.0573. The number of rotatable bonds is 4. The van der Waals surface area contributed by atoms with Gasteiger partial charge in [-0.3, -0.25) is 14.4 Å². The van der Waals surface area contributed by atoms with Gasteiger partial charge >= 0.3 is 5.97 Å². The molecule has 2 atom stereocenters. The van der Waals surface area contributed by atoms with E-state index < -0.39 is 5.97 Å². The Morgan fingerprint density at radius 3 is 2.48 bits per heavy atom. The third-order valence-electron chi connectivity index (χ3n) is 5.33. The largest absolute Gasteiger partial charge is 0.481 e. The van der Waals surface area contributed by atoms with Gasteiger partial charge in [0.15, 0.2) is 0 Å². The quantitative estimate of drug-likeness (QED) is 0.908. The number of carboxylic acids is 1. The average molecular weight is 344 g/mol. The predicted octanol–water partition coefficient (Wildman–Crippen LogP) is 2.14. The maximum Gasteiger partial charge on any atom is 0.303 e. The minimum Gasteiger partial charge on any atom is -0.481 e. The molecule has 0 aromatic heterocycles. The van der Waals surface area contributed by atoms with E-state index in [1.165, 1.54) is 0 Å². The van der Waals surface area contributed by atoms with Gasteiger partial charge in [0.2, 0.25) is 11.8 Å². The van der Waals surface area contributed by atoms with E-state index in [-0.39, 0.29) is 24.7 Å². The molecular formula is C19H24N2O4. The number of hydrogen-bond acceptors (Lipinski definition) is 3. The van der Waals surface area contributed by atoms with Crippen molar-refractivity contribution in [3.8, 4) is 0 Å². The molecule has 1 aromatic carbocycles. The molecule has 0 bridgehead atoms. The molecule has 1 N–H and O–H groups in total. The zero-order valence-corrected chi connectivity index (χ0v) is 14.3. The summed E-state index contributed by atoms with van der Waals surface area (Å²) < 4.78 is 0. The molecule has 2 heterocycles. The number of aliphatic carboxylic acids is 1. The summed E-state index contributed by atoms with van der Waals surface area (Å²) >= 11 is 0. The lowest BCUT2D eigenvalue weighted by Crippen LogP contribution is -2.44. The summed E-state index contributed by atoms with van der Waals surface area (Å²) in [7, 11) is 0. The van der Waals surface area contributed by atoms with Crippen molar-refractivity contribution in [1.29, 1.82) is 0 Å². The van der Waals surface area contributed by atoms with Crippen LogP contribution in [0.5, 0.6) is 0 Å². The van der Waals surface area contributed by atoms with E-state index in [0.29, 0.717) is 37.9 Å². The van der Waals surface area contributed by atoms with Crippen LogP contribution in [0.4, 0.5) is 5.69 Å². The number of benzene rings is 1. The Morgan fingerprint density at radius 2 is 1.76 bits per heavy atom. The number of amides is 2. The number of para-hydroxylation sites is 1. The van der Waals surface area contributed by atoms with Gasteiger partial charge in [-0.2, -0.15) is 0 Å². The summed E-state index contributed by atoms with van der Waals surface area (Å²) in [5, 5.41) is 8.74. The summed E-state index contributed by atoms with van der Waals surface area (Å²) in [6, 6.07) is 9.71. The van der Waals surface area contributed by atoms with Crippen molar-refractivity contribution in [2.24, 2.45) is 11.8 Å². The van der Waals surface area contributed by atoms with E-state index in [0.717, 1.165) is 18.5 Å². The molecule has 2 amide bonds. The predicted molar refractivity (Wildman–Crippen MR) is 93.1 cm³/mol. The maximum absolute atomic E-state index is 12.6. The number of carbonyl (C=O) groups is 3. The molecule has 2 aliphatic heterocycles. The number of nitrogens with zero attached hydrogens (tertiary/aromatic N) is 2. The Hall–Kier alpha value is -2.37. The van der Waals surface area contributed by atoms with Crippen molar-refractivity contribution in [3.63, 3.8) is 0 Å². The van der Waals surface area contributed by atoms with E-state index in [2.05, 4.69) is 0 Å². The smallest absolute Gasteiger partial charge is 0.303 e. The first kappa shape index (κ1) is 17.5. The van der Waals surface area contributed by atoms with Gasteiger partial charge in [-0.05, 0) is 36.8 Å². The molecule has 2 unspecified atom stereocenters. The van der Waals surface area contributed by atoms with Crippen molar-refractivity contribution < 1.29 is 19.5 Å². The summed E-state index contributed by atoms with van der Waals surface area (Å²) in [5.41, 5.74) is 0.931. The van der Waals surface area contributed by atoms with Gasteiger partial charge in [-0.25, -0.2) is 0 Å². The van der Waals surface area contributed by atoms with Crippen LogP contribution in [-0.2, 0) is 14.4 Å². The van der Waals surface area contributed by atoms with Crippen molar-refractivity contribution in [2.45, 2.75) is 32.1 Å². The zero-order valence-electron chi connectivity index (χ0n) is 14.3. The van der Waals surface area contributed by atoms with Crippen molar-refractivity contribution >= 4 is 23.5 Å². The number of hydrogen-bond donors (Lipinski definition) is 1. The zero-order chi connectivity index (χ0) is 17.8. The normalized spacial score (nSPS) is 23.8. The highest BCUT2D eigenvalue weighted by Crippen LogP contribution is 2.34. The molecule has 3 rings (SSSR count). The topological polar surface area (TPSA) is 77.9 Å². The average Bonchev–Trinajstić information content (AvgIpc) is 2.78. The lowest BCUT2D eigenvalue weighted by Gasteiger charge is -2.37. The van der Waals surface area contributed by atoms with Crippen LogP contribution in [0.3, 0.4) is 0 Å². The van der Waals surface area contributed by atoms with Crippen LogP contribution in [0.25, 0.3) is 0 Å². The fraction of sp³-hybridized carbons (Fsp3) is 0.526. The van der Waals surface area contributed by atoms with Gasteiger partial charge in [-0.1, -0.05) is 18.2 Å². The third kappa shape index (κ3) is 4.18. The lowest BCUT2D eigenvalue weighted by atomic mass is 9.82. The van der Waals surface area contributed by atoms with Crippen LogP contribution in [0.15, 0.2) is 30.3 Å².